The van der Waals surface area contributed by atoms with Gasteiger partial charge >= 0.3 is 0 Å². The minimum atomic E-state index is -1.76. The van der Waals surface area contributed by atoms with Gasteiger partial charge in [0, 0.05) is 0 Å². The van der Waals surface area contributed by atoms with Gasteiger partial charge in [-0.2, -0.15) is 0 Å². The van der Waals surface area contributed by atoms with E-state index >= 15 is 0 Å². The third-order valence-electron chi connectivity index (χ3n) is 17.8. The average molecular weight is 949 g/mol. The van der Waals surface area contributed by atoms with E-state index in [1.165, 1.54) is 6.92 Å². The standard InChI is InChI=1S/C47H80O19/c1-20-30(52)33(55)36(58)40(61-20)65-38-35(57)32(54)27(19-49)64-42(38)62-25-17-23-22(46(7)15-11-28(51)44(4,5)39(25)46)16-24(50)29-21(10-14-45(23,29)6)47(8,13-9-12-43(2,3)60)66-41-37(59)34(56)31(53)26(18-48)63-41/h9,12,20-42,48-60H,10-11,13-19H2,1-8H3/b12-9+/t20-,21-,22?,23?,24-,25+,26+,27+,28?,29?,30-,31+,32+,33+,34-,35-,36+,37+,38+,39?,40-,41-,42+,45+,46+,47-/m0/s1. The first-order valence-corrected chi connectivity index (χ1v) is 24.0. The maximum atomic E-state index is 12.6. The summed E-state index contributed by atoms with van der Waals surface area (Å²) in [6.07, 6.45) is -18.5. The highest BCUT2D eigenvalue weighted by Crippen LogP contribution is 2.72. The fourth-order valence-corrected chi connectivity index (χ4v) is 14.2. The predicted octanol–water partition coefficient (Wildman–Crippen LogP) is -1.45. The second-order valence-corrected chi connectivity index (χ2v) is 22.8. The van der Waals surface area contributed by atoms with E-state index in [1.807, 2.05) is 20.8 Å². The van der Waals surface area contributed by atoms with Gasteiger partial charge in [-0.3, -0.25) is 0 Å². The number of ether oxygens (including phenoxy) is 6. The second-order valence-electron chi connectivity index (χ2n) is 22.8. The van der Waals surface area contributed by atoms with E-state index < -0.39 is 163 Å². The van der Waals surface area contributed by atoms with Crippen molar-refractivity contribution in [2.45, 2.75) is 222 Å². The summed E-state index contributed by atoms with van der Waals surface area (Å²) >= 11 is 0. The van der Waals surface area contributed by atoms with Gasteiger partial charge in [-0.25, -0.2) is 0 Å². The van der Waals surface area contributed by atoms with Crippen molar-refractivity contribution >= 4 is 0 Å². The summed E-state index contributed by atoms with van der Waals surface area (Å²) in [6, 6.07) is 0. The van der Waals surface area contributed by atoms with E-state index in [0.717, 1.165) is 0 Å². The lowest BCUT2D eigenvalue weighted by Crippen LogP contribution is -2.68. The Balaban J connectivity index is 1.25. The summed E-state index contributed by atoms with van der Waals surface area (Å²) in [5.74, 6) is -1.40. The number of hydrogen-bond acceptors (Lipinski definition) is 19. The van der Waals surface area contributed by atoms with Crippen molar-refractivity contribution in [1.29, 1.82) is 0 Å². The number of hydrogen-bond donors (Lipinski definition) is 13. The molecule has 13 N–H and O–H groups in total. The molecular formula is C47H80O19. The van der Waals surface area contributed by atoms with E-state index in [-0.39, 0.29) is 24.2 Å². The minimum Gasteiger partial charge on any atom is -0.394 e. The summed E-state index contributed by atoms with van der Waals surface area (Å²) in [6.45, 7) is 13.5. The SMILES string of the molecule is C[C@@H]1O[C@@H](O[C@H]2[C@H](O[C@@H]3CC4C(C[C@H](O)C5[C@@H]([C@](C)(C/C=C/C(C)(C)O)O[C@@H]6O[C@H](CO)[C@@H](O)[C@H](O)[C@H]6O)CC[C@]45C)[C@@]4(C)CCC(O)C(C)(C)C34)O[C@H](CO)[C@@H](O)[C@@H]2O)[C@H](O)[C@H](O)[C@H]1O. The average Bonchev–Trinajstić information content (AvgIpc) is 3.63. The van der Waals surface area contributed by atoms with Crippen molar-refractivity contribution in [3.63, 3.8) is 0 Å². The Morgan fingerprint density at radius 2 is 1.20 bits per heavy atom. The summed E-state index contributed by atoms with van der Waals surface area (Å²) in [7, 11) is 0. The molecule has 0 aromatic rings. The van der Waals surface area contributed by atoms with Crippen molar-refractivity contribution in [2.24, 2.45) is 45.8 Å². The van der Waals surface area contributed by atoms with Crippen LogP contribution in [0.3, 0.4) is 0 Å². The normalized spacial score (nSPS) is 52.9. The maximum Gasteiger partial charge on any atom is 0.187 e. The van der Waals surface area contributed by atoms with Crippen molar-refractivity contribution < 1.29 is 94.8 Å². The van der Waals surface area contributed by atoms with E-state index in [2.05, 4.69) is 13.8 Å². The molecule has 5 unspecified atom stereocenters. The van der Waals surface area contributed by atoms with Crippen LogP contribution in [0.4, 0.5) is 0 Å². The zero-order valence-electron chi connectivity index (χ0n) is 39.6. The summed E-state index contributed by atoms with van der Waals surface area (Å²) < 4.78 is 37.7. The summed E-state index contributed by atoms with van der Waals surface area (Å²) in [4.78, 5) is 0. The first kappa shape index (κ1) is 52.8. The van der Waals surface area contributed by atoms with Gasteiger partial charge in [0.05, 0.1) is 48.8 Å². The van der Waals surface area contributed by atoms with Crippen molar-refractivity contribution in [2.75, 3.05) is 13.2 Å². The van der Waals surface area contributed by atoms with E-state index in [9.17, 15) is 66.4 Å². The smallest absolute Gasteiger partial charge is 0.187 e. The van der Waals surface area contributed by atoms with Gasteiger partial charge in [0.25, 0.3) is 0 Å². The van der Waals surface area contributed by atoms with Crippen LogP contribution in [0.2, 0.25) is 0 Å². The molecule has 4 saturated carbocycles. The molecule has 3 heterocycles. The molecule has 19 heteroatoms. The van der Waals surface area contributed by atoms with Gasteiger partial charge in [0.2, 0.25) is 0 Å². The molecule has 7 rings (SSSR count). The molecule has 0 amide bonds. The van der Waals surface area contributed by atoms with Gasteiger partial charge in [0.15, 0.2) is 18.9 Å². The fourth-order valence-electron chi connectivity index (χ4n) is 14.2. The largest absolute Gasteiger partial charge is 0.394 e. The molecule has 0 bridgehead atoms. The van der Waals surface area contributed by atoms with Crippen LogP contribution in [0.15, 0.2) is 12.2 Å². The van der Waals surface area contributed by atoms with E-state index in [0.29, 0.717) is 38.5 Å². The van der Waals surface area contributed by atoms with Crippen LogP contribution < -0.4 is 0 Å². The van der Waals surface area contributed by atoms with Crippen molar-refractivity contribution in [1.82, 2.24) is 0 Å². The van der Waals surface area contributed by atoms with Crippen LogP contribution in [-0.4, -0.2) is 201 Å². The Hall–Kier alpha value is -1.02. The number of aliphatic hydroxyl groups is 13. The number of rotatable bonds is 12. The van der Waals surface area contributed by atoms with E-state index in [4.69, 9.17) is 28.4 Å². The maximum absolute atomic E-state index is 12.6. The van der Waals surface area contributed by atoms with E-state index in [1.54, 1.807) is 26.0 Å². The third kappa shape index (κ3) is 9.22. The molecule has 0 radical (unpaired) electrons. The van der Waals surface area contributed by atoms with Gasteiger partial charge < -0.3 is 94.8 Å². The molecule has 3 saturated heterocycles. The number of aliphatic hydroxyl groups excluding tert-OH is 12. The molecule has 3 aliphatic heterocycles. The van der Waals surface area contributed by atoms with Gasteiger partial charge in [0.1, 0.15) is 67.1 Å². The molecule has 26 atom stereocenters. The Labute approximate surface area is 387 Å². The Kier molecular flexibility index (Phi) is 15.4. The van der Waals surface area contributed by atoms with Gasteiger partial charge in [-0.05, 0) is 118 Å². The Bertz CT molecular complexity index is 1680. The highest BCUT2D eigenvalue weighted by molar-refractivity contribution is 5.19. The first-order valence-electron chi connectivity index (χ1n) is 24.0. The zero-order chi connectivity index (χ0) is 48.8. The lowest BCUT2D eigenvalue weighted by atomic mass is 9.39. The zero-order valence-corrected chi connectivity index (χ0v) is 39.6. The van der Waals surface area contributed by atoms with Crippen LogP contribution in [0, 0.1) is 45.8 Å². The highest BCUT2D eigenvalue weighted by atomic mass is 16.8. The van der Waals surface area contributed by atoms with Gasteiger partial charge in [-0.15, -0.1) is 0 Å². The molecule has 19 nitrogen and oxygen atoms in total. The van der Waals surface area contributed by atoms with Crippen LogP contribution in [-0.2, 0) is 28.4 Å². The molecular weight excluding hydrogens is 868 g/mol. The highest BCUT2D eigenvalue weighted by Gasteiger charge is 2.70. The quantitative estimate of drug-likeness (QED) is 0.0787. The van der Waals surface area contributed by atoms with Crippen LogP contribution in [0.25, 0.3) is 0 Å². The third-order valence-corrected chi connectivity index (χ3v) is 17.8. The van der Waals surface area contributed by atoms with Crippen molar-refractivity contribution in [3.8, 4) is 0 Å². The van der Waals surface area contributed by atoms with Gasteiger partial charge in [-0.1, -0.05) is 39.8 Å². The fraction of sp³-hybridized carbons (Fsp3) is 0.957. The molecule has 0 aromatic heterocycles. The van der Waals surface area contributed by atoms with Crippen LogP contribution in [0.5, 0.6) is 0 Å². The monoisotopic (exact) mass is 949 g/mol. The second kappa shape index (κ2) is 19.2. The Morgan fingerprint density at radius 1 is 0.636 bits per heavy atom. The minimum absolute atomic E-state index is 0.0751. The lowest BCUT2D eigenvalue weighted by molar-refractivity contribution is -0.379. The van der Waals surface area contributed by atoms with Crippen molar-refractivity contribution in [3.05, 3.63) is 12.2 Å². The summed E-state index contributed by atoms with van der Waals surface area (Å²) in [5.41, 5.74) is -4.29. The summed E-state index contributed by atoms with van der Waals surface area (Å²) in [5, 5.41) is 142. The molecule has 0 aromatic carbocycles. The van der Waals surface area contributed by atoms with Crippen LogP contribution in [0.1, 0.15) is 100 Å². The molecule has 66 heavy (non-hydrogen) atoms. The number of fused-ring (bicyclic) bond motifs is 5. The van der Waals surface area contributed by atoms with Crippen LogP contribution >= 0.6 is 0 Å². The molecule has 382 valence electrons. The first-order chi connectivity index (χ1) is 30.6. The molecule has 7 aliphatic rings. The predicted molar refractivity (Wildman–Crippen MR) is 230 cm³/mol. The molecule has 4 aliphatic carbocycles. The molecule has 7 fully saturated rings. The lowest BCUT2D eigenvalue weighted by Gasteiger charge is -2.68. The molecule has 0 spiro atoms. The Morgan fingerprint density at radius 3 is 1.82 bits per heavy atom. The topological polar surface area (TPSA) is 318 Å².